The largest absolute Gasteiger partial charge is 0.481 e. The van der Waals surface area contributed by atoms with Crippen molar-refractivity contribution in [3.63, 3.8) is 0 Å². The van der Waals surface area contributed by atoms with E-state index in [0.29, 0.717) is 36.6 Å². The van der Waals surface area contributed by atoms with E-state index in [9.17, 15) is 4.79 Å². The van der Waals surface area contributed by atoms with Gasteiger partial charge in [0.1, 0.15) is 17.8 Å². The SMILES string of the molecule is COc1cc(N2C[C@@H]3[C@H](CNC(=O)c4cccn4C)CO[C@@H]3C2)ncn1. The maximum atomic E-state index is 12.3. The standard InChI is InChI=1S/C18H23N5O3/c1-22-5-3-4-14(22)18(24)19-7-12-10-26-15-9-23(8-13(12)15)16-6-17(25-2)21-11-20-16/h3-6,11-13,15H,7-10H2,1-2H3,(H,19,24)/t12-,13-,15-/m1/s1. The second kappa shape index (κ2) is 6.95. The van der Waals surface area contributed by atoms with Gasteiger partial charge in [-0.05, 0) is 12.1 Å². The molecule has 0 spiro atoms. The van der Waals surface area contributed by atoms with Crippen molar-refractivity contribution in [2.24, 2.45) is 18.9 Å². The molecule has 0 bridgehead atoms. The number of hydrogen-bond donors (Lipinski definition) is 1. The minimum atomic E-state index is -0.0451. The third-order valence-electron chi connectivity index (χ3n) is 5.30. The van der Waals surface area contributed by atoms with E-state index in [1.54, 1.807) is 7.11 Å². The number of nitrogens with zero attached hydrogens (tertiary/aromatic N) is 4. The molecule has 2 aromatic rings. The zero-order valence-electron chi connectivity index (χ0n) is 15.0. The number of amides is 1. The predicted molar refractivity (Wildman–Crippen MR) is 95.3 cm³/mol. The number of nitrogens with one attached hydrogen (secondary N) is 1. The maximum Gasteiger partial charge on any atom is 0.267 e. The number of aromatic nitrogens is 3. The Morgan fingerprint density at radius 3 is 3.08 bits per heavy atom. The molecule has 2 fully saturated rings. The zero-order valence-corrected chi connectivity index (χ0v) is 15.0. The van der Waals surface area contributed by atoms with Gasteiger partial charge in [-0.3, -0.25) is 4.79 Å². The first-order chi connectivity index (χ1) is 12.7. The van der Waals surface area contributed by atoms with Crippen LogP contribution in [-0.4, -0.2) is 59.9 Å². The Labute approximate surface area is 152 Å². The van der Waals surface area contributed by atoms with E-state index in [0.717, 1.165) is 18.9 Å². The summed E-state index contributed by atoms with van der Waals surface area (Å²) in [6.07, 6.45) is 3.56. The van der Waals surface area contributed by atoms with Crippen LogP contribution in [0.4, 0.5) is 5.82 Å². The number of fused-ring (bicyclic) bond motifs is 1. The van der Waals surface area contributed by atoms with E-state index in [1.165, 1.54) is 6.33 Å². The van der Waals surface area contributed by atoms with Crippen molar-refractivity contribution in [3.05, 3.63) is 36.4 Å². The molecule has 2 aliphatic heterocycles. The Kier molecular flexibility index (Phi) is 4.50. The lowest BCUT2D eigenvalue weighted by molar-refractivity contribution is 0.0932. The number of rotatable bonds is 5. The van der Waals surface area contributed by atoms with Gasteiger partial charge in [0.2, 0.25) is 5.88 Å². The third kappa shape index (κ3) is 3.12. The molecule has 3 atom stereocenters. The Balaban J connectivity index is 1.37. The van der Waals surface area contributed by atoms with Gasteiger partial charge in [0, 0.05) is 50.8 Å². The molecule has 1 N–H and O–H groups in total. The van der Waals surface area contributed by atoms with E-state index in [1.807, 2.05) is 36.0 Å². The lowest BCUT2D eigenvalue weighted by atomic mass is 9.93. The Hall–Kier alpha value is -2.61. The zero-order chi connectivity index (χ0) is 18.1. The molecule has 1 amide bonds. The summed E-state index contributed by atoms with van der Waals surface area (Å²) in [5.41, 5.74) is 0.668. The van der Waals surface area contributed by atoms with E-state index in [-0.39, 0.29) is 12.0 Å². The molecule has 4 rings (SSSR count). The number of carbonyl (C=O) groups excluding carboxylic acids is 1. The molecule has 0 aliphatic carbocycles. The number of anilines is 1. The van der Waals surface area contributed by atoms with Crippen LogP contribution in [0, 0.1) is 11.8 Å². The van der Waals surface area contributed by atoms with Gasteiger partial charge in [-0.1, -0.05) is 0 Å². The molecule has 26 heavy (non-hydrogen) atoms. The summed E-state index contributed by atoms with van der Waals surface area (Å²) in [5, 5.41) is 3.05. The molecule has 138 valence electrons. The maximum absolute atomic E-state index is 12.3. The van der Waals surface area contributed by atoms with Gasteiger partial charge in [0.15, 0.2) is 0 Å². The quantitative estimate of drug-likeness (QED) is 0.849. The molecule has 0 unspecified atom stereocenters. The second-order valence-electron chi connectivity index (χ2n) is 6.83. The molecule has 8 nitrogen and oxygen atoms in total. The number of carbonyl (C=O) groups is 1. The Bertz CT molecular complexity index is 793. The topological polar surface area (TPSA) is 81.5 Å². The molecule has 2 saturated heterocycles. The van der Waals surface area contributed by atoms with Crippen LogP contribution in [0.3, 0.4) is 0 Å². The van der Waals surface area contributed by atoms with E-state index in [2.05, 4.69) is 20.2 Å². The van der Waals surface area contributed by atoms with Gasteiger partial charge < -0.3 is 24.3 Å². The fourth-order valence-electron chi connectivity index (χ4n) is 3.82. The van der Waals surface area contributed by atoms with Crippen LogP contribution in [0.25, 0.3) is 0 Å². The molecular formula is C18H23N5O3. The van der Waals surface area contributed by atoms with Crippen molar-refractivity contribution in [2.45, 2.75) is 6.10 Å². The molecular weight excluding hydrogens is 334 g/mol. The van der Waals surface area contributed by atoms with Crippen LogP contribution in [-0.2, 0) is 11.8 Å². The summed E-state index contributed by atoms with van der Waals surface area (Å²) in [6.45, 7) is 2.96. The normalized spacial score (nSPS) is 24.5. The highest BCUT2D eigenvalue weighted by Crippen LogP contribution is 2.35. The van der Waals surface area contributed by atoms with Crippen LogP contribution in [0.5, 0.6) is 5.88 Å². The van der Waals surface area contributed by atoms with Crippen LogP contribution >= 0.6 is 0 Å². The molecule has 0 aromatic carbocycles. The average Bonchev–Trinajstić information content (AvgIpc) is 3.35. The molecule has 0 saturated carbocycles. The fourth-order valence-corrected chi connectivity index (χ4v) is 3.82. The van der Waals surface area contributed by atoms with E-state index >= 15 is 0 Å². The van der Waals surface area contributed by atoms with Gasteiger partial charge >= 0.3 is 0 Å². The molecule has 8 heteroatoms. The summed E-state index contributed by atoms with van der Waals surface area (Å²) >= 11 is 0. The lowest BCUT2D eigenvalue weighted by Crippen LogP contribution is -2.35. The summed E-state index contributed by atoms with van der Waals surface area (Å²) < 4.78 is 13.0. The summed E-state index contributed by atoms with van der Waals surface area (Å²) in [4.78, 5) is 22.9. The highest BCUT2D eigenvalue weighted by molar-refractivity contribution is 5.92. The van der Waals surface area contributed by atoms with Crippen molar-refractivity contribution < 1.29 is 14.3 Å². The van der Waals surface area contributed by atoms with Gasteiger partial charge in [-0.2, -0.15) is 0 Å². The molecule has 2 aliphatic rings. The van der Waals surface area contributed by atoms with Crippen molar-refractivity contribution >= 4 is 11.7 Å². The van der Waals surface area contributed by atoms with Crippen LogP contribution in [0.1, 0.15) is 10.5 Å². The van der Waals surface area contributed by atoms with Gasteiger partial charge in [-0.15, -0.1) is 0 Å². The Morgan fingerprint density at radius 1 is 1.42 bits per heavy atom. The molecule has 0 radical (unpaired) electrons. The Morgan fingerprint density at radius 2 is 2.31 bits per heavy atom. The summed E-state index contributed by atoms with van der Waals surface area (Å²) in [6, 6.07) is 5.53. The van der Waals surface area contributed by atoms with Crippen molar-refractivity contribution in [3.8, 4) is 5.88 Å². The third-order valence-corrected chi connectivity index (χ3v) is 5.30. The van der Waals surface area contributed by atoms with Crippen molar-refractivity contribution in [1.29, 1.82) is 0 Å². The van der Waals surface area contributed by atoms with Crippen molar-refractivity contribution in [2.75, 3.05) is 38.3 Å². The van der Waals surface area contributed by atoms with Gasteiger partial charge in [-0.25, -0.2) is 9.97 Å². The van der Waals surface area contributed by atoms with E-state index in [4.69, 9.17) is 9.47 Å². The highest BCUT2D eigenvalue weighted by Gasteiger charge is 2.44. The average molecular weight is 357 g/mol. The minimum absolute atomic E-state index is 0.0451. The first kappa shape index (κ1) is 16.8. The monoisotopic (exact) mass is 357 g/mol. The van der Waals surface area contributed by atoms with Crippen molar-refractivity contribution in [1.82, 2.24) is 19.9 Å². The van der Waals surface area contributed by atoms with Gasteiger partial charge in [0.25, 0.3) is 5.91 Å². The lowest BCUT2D eigenvalue weighted by Gasteiger charge is -2.21. The first-order valence-electron chi connectivity index (χ1n) is 8.78. The number of methoxy groups -OCH3 is 1. The van der Waals surface area contributed by atoms with Gasteiger partial charge in [0.05, 0.1) is 19.8 Å². The molecule has 4 heterocycles. The minimum Gasteiger partial charge on any atom is -0.481 e. The van der Waals surface area contributed by atoms with Crippen LogP contribution in [0.15, 0.2) is 30.7 Å². The summed E-state index contributed by atoms with van der Waals surface area (Å²) in [5.74, 6) is 2.04. The smallest absolute Gasteiger partial charge is 0.267 e. The van der Waals surface area contributed by atoms with E-state index < -0.39 is 0 Å². The highest BCUT2D eigenvalue weighted by atomic mass is 16.5. The predicted octanol–water partition coefficient (Wildman–Crippen LogP) is 0.705. The number of aryl methyl sites for hydroxylation is 1. The summed E-state index contributed by atoms with van der Waals surface area (Å²) in [7, 11) is 3.47. The fraction of sp³-hybridized carbons (Fsp3) is 0.500. The number of hydrogen-bond acceptors (Lipinski definition) is 6. The van der Waals surface area contributed by atoms with Crippen LogP contribution in [0.2, 0.25) is 0 Å². The second-order valence-corrected chi connectivity index (χ2v) is 6.83. The number of ether oxygens (including phenoxy) is 2. The van der Waals surface area contributed by atoms with Crippen LogP contribution < -0.4 is 15.0 Å². The molecule has 2 aromatic heterocycles. The first-order valence-corrected chi connectivity index (χ1v) is 8.78.